The zero-order valence-corrected chi connectivity index (χ0v) is 12.5. The molecule has 0 saturated carbocycles. The molecule has 1 unspecified atom stereocenters. The van der Waals surface area contributed by atoms with Crippen LogP contribution in [0.15, 0.2) is 22.7 Å². The molecule has 2 N–H and O–H groups in total. The minimum Gasteiger partial charge on any atom is -0.318 e. The second kappa shape index (κ2) is 5.02. The third kappa shape index (κ3) is 2.45. The molecule has 1 aliphatic heterocycles. The van der Waals surface area contributed by atoms with Gasteiger partial charge in [0.25, 0.3) is 0 Å². The van der Waals surface area contributed by atoms with Crippen molar-refractivity contribution < 1.29 is 4.79 Å². The van der Waals surface area contributed by atoms with Gasteiger partial charge in [0, 0.05) is 16.7 Å². The smallest absolute Gasteiger partial charge is 0.246 e. The normalized spacial score (nSPS) is 17.4. The third-order valence-electron chi connectivity index (χ3n) is 3.44. The average molecular weight is 311 g/mol. The van der Waals surface area contributed by atoms with Gasteiger partial charge in [0.05, 0.1) is 5.54 Å². The summed E-state index contributed by atoms with van der Waals surface area (Å²) in [5.74, 6) is 0.0328. The highest BCUT2D eigenvalue weighted by Crippen LogP contribution is 2.32. The predicted octanol–water partition coefficient (Wildman–Crippen LogP) is 2.86. The highest BCUT2D eigenvalue weighted by Gasteiger charge is 2.35. The molecule has 2 rings (SSSR count). The van der Waals surface area contributed by atoms with Gasteiger partial charge in [-0.2, -0.15) is 0 Å². The van der Waals surface area contributed by atoms with Crippen LogP contribution in [0.4, 0.5) is 5.69 Å². The fourth-order valence-electron chi connectivity index (χ4n) is 2.52. The second-order valence-electron chi connectivity index (χ2n) is 5.15. The van der Waals surface area contributed by atoms with Gasteiger partial charge in [0.15, 0.2) is 0 Å². The number of anilines is 1. The van der Waals surface area contributed by atoms with E-state index in [0.29, 0.717) is 6.42 Å². The topological polar surface area (TPSA) is 46.3 Å². The van der Waals surface area contributed by atoms with Gasteiger partial charge in [-0.3, -0.25) is 4.79 Å². The Balaban J connectivity index is 2.26. The number of amides is 1. The number of rotatable bonds is 3. The maximum atomic E-state index is 12.5. The van der Waals surface area contributed by atoms with Gasteiger partial charge in [-0.1, -0.05) is 29.3 Å². The summed E-state index contributed by atoms with van der Waals surface area (Å²) in [5.41, 5.74) is 7.60. The van der Waals surface area contributed by atoms with E-state index < -0.39 is 5.54 Å². The molecule has 1 aromatic carbocycles. The van der Waals surface area contributed by atoms with E-state index in [2.05, 4.69) is 22.0 Å². The molecule has 4 heteroatoms. The summed E-state index contributed by atoms with van der Waals surface area (Å²) in [6.07, 6.45) is 2.54. The van der Waals surface area contributed by atoms with E-state index in [0.717, 1.165) is 29.5 Å². The van der Waals surface area contributed by atoms with Crippen molar-refractivity contribution in [2.24, 2.45) is 5.73 Å². The molecule has 0 fully saturated rings. The Kier molecular flexibility index (Phi) is 3.78. The first-order valence-corrected chi connectivity index (χ1v) is 7.14. The van der Waals surface area contributed by atoms with Crippen molar-refractivity contribution in [2.75, 3.05) is 11.4 Å². The van der Waals surface area contributed by atoms with E-state index in [1.807, 2.05) is 30.9 Å². The van der Waals surface area contributed by atoms with Crippen molar-refractivity contribution in [2.45, 2.75) is 38.6 Å². The van der Waals surface area contributed by atoms with Crippen molar-refractivity contribution in [3.05, 3.63) is 28.2 Å². The number of benzene rings is 1. The first kappa shape index (κ1) is 13.6. The van der Waals surface area contributed by atoms with Crippen molar-refractivity contribution in [3.8, 4) is 0 Å². The molecular formula is C14H19BrN2O. The van der Waals surface area contributed by atoms with E-state index in [4.69, 9.17) is 5.73 Å². The van der Waals surface area contributed by atoms with Crippen LogP contribution in [0.3, 0.4) is 0 Å². The van der Waals surface area contributed by atoms with E-state index in [9.17, 15) is 4.79 Å². The number of fused-ring (bicyclic) bond motifs is 1. The van der Waals surface area contributed by atoms with Gasteiger partial charge in [-0.15, -0.1) is 0 Å². The maximum absolute atomic E-state index is 12.5. The van der Waals surface area contributed by atoms with Gasteiger partial charge in [-0.25, -0.2) is 0 Å². The van der Waals surface area contributed by atoms with Gasteiger partial charge in [-0.05, 0) is 43.5 Å². The number of hydrogen-bond acceptors (Lipinski definition) is 2. The summed E-state index contributed by atoms with van der Waals surface area (Å²) >= 11 is 3.46. The van der Waals surface area contributed by atoms with Crippen molar-refractivity contribution in [3.63, 3.8) is 0 Å². The van der Waals surface area contributed by atoms with Crippen LogP contribution < -0.4 is 10.6 Å². The second-order valence-corrected chi connectivity index (χ2v) is 6.06. The van der Waals surface area contributed by atoms with Crippen LogP contribution in [0.5, 0.6) is 0 Å². The van der Waals surface area contributed by atoms with Crippen LogP contribution in [-0.4, -0.2) is 18.0 Å². The van der Waals surface area contributed by atoms with E-state index >= 15 is 0 Å². The molecule has 0 spiro atoms. The Bertz CT molecular complexity index is 471. The highest BCUT2D eigenvalue weighted by atomic mass is 79.9. The van der Waals surface area contributed by atoms with Crippen LogP contribution in [0.2, 0.25) is 0 Å². The predicted molar refractivity (Wildman–Crippen MR) is 77.7 cm³/mol. The molecule has 0 radical (unpaired) electrons. The molecule has 0 aliphatic carbocycles. The van der Waals surface area contributed by atoms with Crippen LogP contribution in [0.1, 0.15) is 32.3 Å². The van der Waals surface area contributed by atoms with Gasteiger partial charge in [0.2, 0.25) is 5.91 Å². The van der Waals surface area contributed by atoms with Gasteiger partial charge < -0.3 is 10.6 Å². The molecule has 1 atom stereocenters. The van der Waals surface area contributed by atoms with Gasteiger partial charge >= 0.3 is 0 Å². The van der Waals surface area contributed by atoms with Crippen LogP contribution in [-0.2, 0) is 11.2 Å². The fraction of sp³-hybridized carbons (Fsp3) is 0.500. The Labute approximate surface area is 116 Å². The highest BCUT2D eigenvalue weighted by molar-refractivity contribution is 9.10. The molecule has 18 heavy (non-hydrogen) atoms. The quantitative estimate of drug-likeness (QED) is 0.933. The Hall–Kier alpha value is -0.870. The molecule has 1 heterocycles. The molecule has 0 aromatic heterocycles. The molecular weight excluding hydrogens is 292 g/mol. The van der Waals surface area contributed by atoms with E-state index in [1.54, 1.807) is 0 Å². The number of carbonyl (C=O) groups excluding carboxylic acids is 1. The lowest BCUT2D eigenvalue weighted by molar-refractivity contribution is -0.123. The lowest BCUT2D eigenvalue weighted by atomic mass is 9.95. The Morgan fingerprint density at radius 3 is 2.94 bits per heavy atom. The molecule has 98 valence electrons. The molecule has 3 nitrogen and oxygen atoms in total. The fourth-order valence-corrected chi connectivity index (χ4v) is 2.92. The van der Waals surface area contributed by atoms with Crippen LogP contribution in [0, 0.1) is 0 Å². The van der Waals surface area contributed by atoms with Gasteiger partial charge in [0.1, 0.15) is 0 Å². The molecule has 1 amide bonds. The SMILES string of the molecule is CCCC(C)(N)C(=O)N1CCc2cc(Br)ccc21. The monoisotopic (exact) mass is 310 g/mol. The van der Waals surface area contributed by atoms with Crippen LogP contribution in [0.25, 0.3) is 0 Å². The average Bonchev–Trinajstić information content (AvgIpc) is 2.70. The minimum absolute atomic E-state index is 0.0328. The summed E-state index contributed by atoms with van der Waals surface area (Å²) in [5, 5.41) is 0. The zero-order chi connectivity index (χ0) is 13.3. The lowest BCUT2D eigenvalue weighted by Gasteiger charge is -2.29. The molecule has 0 bridgehead atoms. The molecule has 0 saturated heterocycles. The summed E-state index contributed by atoms with van der Waals surface area (Å²) in [4.78, 5) is 14.3. The number of nitrogens with two attached hydrogens (primary N) is 1. The first-order chi connectivity index (χ1) is 8.45. The van der Waals surface area contributed by atoms with Crippen LogP contribution >= 0.6 is 15.9 Å². The number of halogens is 1. The standard InChI is InChI=1S/C14H19BrN2O/c1-3-7-14(2,16)13(18)17-8-6-10-9-11(15)4-5-12(10)17/h4-5,9H,3,6-8,16H2,1-2H3. The third-order valence-corrected chi connectivity index (χ3v) is 3.93. The Morgan fingerprint density at radius 2 is 2.28 bits per heavy atom. The zero-order valence-electron chi connectivity index (χ0n) is 10.9. The number of carbonyl (C=O) groups is 1. The maximum Gasteiger partial charge on any atom is 0.246 e. The van der Waals surface area contributed by atoms with Crippen molar-refractivity contribution in [1.29, 1.82) is 0 Å². The largest absolute Gasteiger partial charge is 0.318 e. The van der Waals surface area contributed by atoms with Crippen molar-refractivity contribution in [1.82, 2.24) is 0 Å². The summed E-state index contributed by atoms with van der Waals surface area (Å²) in [7, 11) is 0. The minimum atomic E-state index is -0.760. The molecule has 1 aliphatic rings. The Morgan fingerprint density at radius 1 is 1.56 bits per heavy atom. The van der Waals surface area contributed by atoms with E-state index in [1.165, 1.54) is 5.56 Å². The first-order valence-electron chi connectivity index (χ1n) is 6.35. The lowest BCUT2D eigenvalue weighted by Crippen LogP contribution is -2.53. The van der Waals surface area contributed by atoms with Crippen molar-refractivity contribution >= 4 is 27.5 Å². The summed E-state index contributed by atoms with van der Waals surface area (Å²) in [6, 6.07) is 6.04. The summed E-state index contributed by atoms with van der Waals surface area (Å²) in [6.45, 7) is 4.62. The summed E-state index contributed by atoms with van der Waals surface area (Å²) < 4.78 is 1.06. The molecule has 1 aromatic rings. The van der Waals surface area contributed by atoms with E-state index in [-0.39, 0.29) is 5.91 Å². The number of hydrogen-bond donors (Lipinski definition) is 1. The number of nitrogens with zero attached hydrogens (tertiary/aromatic N) is 1.